The number of nitrogens with zero attached hydrogens (tertiary/aromatic N) is 1. The molecule has 0 aromatic heterocycles. The molecule has 1 saturated heterocycles. The molecule has 142 valence electrons. The number of aryl methyl sites for hydroxylation is 1. The highest BCUT2D eigenvalue weighted by atomic mass is 16.5. The number of para-hydroxylation sites is 1. The number of ether oxygens (including phenoxy) is 1. The summed E-state index contributed by atoms with van der Waals surface area (Å²) in [6.45, 7) is 1.93. The fourth-order valence-electron chi connectivity index (χ4n) is 4.47. The predicted octanol–water partition coefficient (Wildman–Crippen LogP) is 2.64. The third-order valence-electron chi connectivity index (χ3n) is 5.79. The Morgan fingerprint density at radius 2 is 1.85 bits per heavy atom. The second-order valence-corrected chi connectivity index (χ2v) is 7.60. The normalized spacial score (nSPS) is 25.6. The SMILES string of the molecule is NC(=O)c1ccccc1O[C@H]1c2ccccc2CC[C@@H]1N1CCC[C@@H](N)C1. The van der Waals surface area contributed by atoms with Gasteiger partial charge in [0.25, 0.3) is 5.91 Å². The number of likely N-dealkylation sites (tertiary alicyclic amines) is 1. The molecule has 5 nitrogen and oxygen atoms in total. The predicted molar refractivity (Wildman–Crippen MR) is 106 cm³/mol. The van der Waals surface area contributed by atoms with E-state index in [4.69, 9.17) is 16.2 Å². The number of rotatable bonds is 4. The number of nitrogens with two attached hydrogens (primary N) is 2. The molecule has 2 aromatic carbocycles. The first-order valence-electron chi connectivity index (χ1n) is 9.76. The maximum absolute atomic E-state index is 11.9. The fourth-order valence-corrected chi connectivity index (χ4v) is 4.47. The summed E-state index contributed by atoms with van der Waals surface area (Å²) >= 11 is 0. The summed E-state index contributed by atoms with van der Waals surface area (Å²) in [6.07, 6.45) is 4.11. The van der Waals surface area contributed by atoms with E-state index in [1.807, 2.05) is 18.2 Å². The molecule has 0 spiro atoms. The topological polar surface area (TPSA) is 81.6 Å². The van der Waals surface area contributed by atoms with Crippen molar-refractivity contribution >= 4 is 5.91 Å². The molecule has 27 heavy (non-hydrogen) atoms. The number of primary amides is 1. The molecule has 1 aliphatic carbocycles. The van der Waals surface area contributed by atoms with Crippen molar-refractivity contribution < 1.29 is 9.53 Å². The zero-order chi connectivity index (χ0) is 18.8. The Labute approximate surface area is 160 Å². The molecule has 0 bridgehead atoms. The number of hydrogen-bond donors (Lipinski definition) is 2. The van der Waals surface area contributed by atoms with Crippen LogP contribution >= 0.6 is 0 Å². The maximum atomic E-state index is 11.9. The Kier molecular flexibility index (Phi) is 5.14. The number of hydrogen-bond acceptors (Lipinski definition) is 4. The van der Waals surface area contributed by atoms with Crippen LogP contribution in [0.15, 0.2) is 48.5 Å². The molecule has 4 rings (SSSR count). The van der Waals surface area contributed by atoms with Gasteiger partial charge in [-0.2, -0.15) is 0 Å². The second-order valence-electron chi connectivity index (χ2n) is 7.60. The first-order chi connectivity index (χ1) is 13.1. The highest BCUT2D eigenvalue weighted by Gasteiger charge is 2.37. The van der Waals surface area contributed by atoms with Crippen LogP contribution in [0, 0.1) is 0 Å². The van der Waals surface area contributed by atoms with Crippen LogP contribution in [0.4, 0.5) is 0 Å². The van der Waals surface area contributed by atoms with E-state index in [2.05, 4.69) is 29.2 Å². The van der Waals surface area contributed by atoms with E-state index < -0.39 is 5.91 Å². The van der Waals surface area contributed by atoms with Gasteiger partial charge < -0.3 is 16.2 Å². The Hall–Kier alpha value is -2.37. The fraction of sp³-hybridized carbons (Fsp3) is 0.409. The van der Waals surface area contributed by atoms with Crippen LogP contribution in [0.3, 0.4) is 0 Å². The van der Waals surface area contributed by atoms with E-state index in [1.165, 1.54) is 11.1 Å². The molecular formula is C22H27N3O2. The molecule has 1 fully saturated rings. The lowest BCUT2D eigenvalue weighted by Gasteiger charge is -2.43. The summed E-state index contributed by atoms with van der Waals surface area (Å²) in [7, 11) is 0. The summed E-state index contributed by atoms with van der Waals surface area (Å²) in [5.74, 6) is 0.0873. The van der Waals surface area contributed by atoms with Crippen LogP contribution in [0.1, 0.15) is 46.9 Å². The van der Waals surface area contributed by atoms with Gasteiger partial charge in [0, 0.05) is 12.6 Å². The lowest BCUT2D eigenvalue weighted by Crippen LogP contribution is -2.51. The molecule has 4 N–H and O–H groups in total. The minimum atomic E-state index is -0.466. The highest BCUT2D eigenvalue weighted by Crippen LogP contribution is 2.38. The Morgan fingerprint density at radius 3 is 2.67 bits per heavy atom. The van der Waals surface area contributed by atoms with Crippen molar-refractivity contribution in [2.75, 3.05) is 13.1 Å². The summed E-state index contributed by atoms with van der Waals surface area (Å²) in [5.41, 5.74) is 14.8. The van der Waals surface area contributed by atoms with Crippen molar-refractivity contribution in [2.24, 2.45) is 11.5 Å². The number of piperidine rings is 1. The van der Waals surface area contributed by atoms with E-state index in [0.29, 0.717) is 11.3 Å². The molecule has 3 atom stereocenters. The van der Waals surface area contributed by atoms with Crippen molar-refractivity contribution in [3.8, 4) is 5.75 Å². The Bertz CT molecular complexity index is 823. The quantitative estimate of drug-likeness (QED) is 0.873. The molecule has 0 radical (unpaired) electrons. The van der Waals surface area contributed by atoms with Crippen molar-refractivity contribution in [1.82, 2.24) is 4.90 Å². The van der Waals surface area contributed by atoms with Gasteiger partial charge in [-0.05, 0) is 55.5 Å². The van der Waals surface area contributed by atoms with E-state index in [1.54, 1.807) is 6.07 Å². The van der Waals surface area contributed by atoms with E-state index >= 15 is 0 Å². The molecule has 1 aliphatic heterocycles. The van der Waals surface area contributed by atoms with Crippen LogP contribution in [0.5, 0.6) is 5.75 Å². The van der Waals surface area contributed by atoms with Gasteiger partial charge in [-0.15, -0.1) is 0 Å². The van der Waals surface area contributed by atoms with Crippen LogP contribution in [0.2, 0.25) is 0 Å². The van der Waals surface area contributed by atoms with Crippen molar-refractivity contribution in [2.45, 2.75) is 43.9 Å². The molecule has 5 heteroatoms. The monoisotopic (exact) mass is 365 g/mol. The van der Waals surface area contributed by atoms with Crippen LogP contribution in [-0.4, -0.2) is 36.0 Å². The van der Waals surface area contributed by atoms with E-state index in [0.717, 1.165) is 38.8 Å². The van der Waals surface area contributed by atoms with Gasteiger partial charge in [-0.1, -0.05) is 36.4 Å². The number of carbonyl (C=O) groups is 1. The molecule has 2 aromatic rings. The van der Waals surface area contributed by atoms with Gasteiger partial charge in [0.1, 0.15) is 11.9 Å². The maximum Gasteiger partial charge on any atom is 0.252 e. The summed E-state index contributed by atoms with van der Waals surface area (Å²) in [4.78, 5) is 14.3. The minimum Gasteiger partial charge on any atom is -0.483 e. The molecule has 0 unspecified atom stereocenters. The molecule has 1 heterocycles. The third kappa shape index (κ3) is 3.70. The van der Waals surface area contributed by atoms with Crippen molar-refractivity contribution in [1.29, 1.82) is 0 Å². The van der Waals surface area contributed by atoms with Gasteiger partial charge >= 0.3 is 0 Å². The van der Waals surface area contributed by atoms with Gasteiger partial charge in [-0.3, -0.25) is 9.69 Å². The van der Waals surface area contributed by atoms with Gasteiger partial charge in [0.05, 0.1) is 11.6 Å². The zero-order valence-electron chi connectivity index (χ0n) is 15.5. The average molecular weight is 365 g/mol. The summed E-state index contributed by atoms with van der Waals surface area (Å²) in [6, 6.07) is 16.1. The number of carbonyl (C=O) groups excluding carboxylic acids is 1. The smallest absolute Gasteiger partial charge is 0.252 e. The average Bonchev–Trinajstić information content (AvgIpc) is 2.68. The standard InChI is InChI=1S/C22H27N3O2/c23-16-7-5-13-25(14-16)19-12-11-15-6-1-2-8-17(15)21(19)27-20-10-4-3-9-18(20)22(24)26/h1-4,6,8-10,16,19,21H,5,7,11-14,23H2,(H2,24,26)/t16-,19+,21+/m1/s1. The first-order valence-corrected chi connectivity index (χ1v) is 9.76. The molecule has 2 aliphatic rings. The largest absolute Gasteiger partial charge is 0.483 e. The van der Waals surface area contributed by atoms with E-state index in [-0.39, 0.29) is 18.2 Å². The number of fused-ring (bicyclic) bond motifs is 1. The van der Waals surface area contributed by atoms with Crippen LogP contribution in [0.25, 0.3) is 0 Å². The summed E-state index contributed by atoms with van der Waals surface area (Å²) in [5, 5.41) is 0. The Morgan fingerprint density at radius 1 is 1.07 bits per heavy atom. The molecule has 0 saturated carbocycles. The number of benzene rings is 2. The minimum absolute atomic E-state index is 0.138. The highest BCUT2D eigenvalue weighted by molar-refractivity contribution is 5.95. The molecule has 1 amide bonds. The molecular weight excluding hydrogens is 338 g/mol. The van der Waals surface area contributed by atoms with Crippen molar-refractivity contribution in [3.05, 3.63) is 65.2 Å². The second kappa shape index (κ2) is 7.71. The van der Waals surface area contributed by atoms with Crippen molar-refractivity contribution in [3.63, 3.8) is 0 Å². The van der Waals surface area contributed by atoms with Gasteiger partial charge in [0.15, 0.2) is 0 Å². The lowest BCUT2D eigenvalue weighted by molar-refractivity contribution is 0.0362. The van der Waals surface area contributed by atoms with Gasteiger partial charge in [-0.25, -0.2) is 0 Å². The van der Waals surface area contributed by atoms with Gasteiger partial charge in [0.2, 0.25) is 0 Å². The zero-order valence-corrected chi connectivity index (χ0v) is 15.5. The van der Waals surface area contributed by atoms with Crippen LogP contribution in [-0.2, 0) is 6.42 Å². The van der Waals surface area contributed by atoms with Crippen LogP contribution < -0.4 is 16.2 Å². The third-order valence-corrected chi connectivity index (χ3v) is 5.79. The Balaban J connectivity index is 1.70. The lowest BCUT2D eigenvalue weighted by atomic mass is 9.84. The van der Waals surface area contributed by atoms with E-state index in [9.17, 15) is 4.79 Å². The summed E-state index contributed by atoms with van der Waals surface area (Å²) < 4.78 is 6.49. The number of amides is 1. The first kappa shape index (κ1) is 18.0.